The van der Waals surface area contributed by atoms with Gasteiger partial charge in [-0.15, -0.1) is 0 Å². The summed E-state index contributed by atoms with van der Waals surface area (Å²) in [5.41, 5.74) is -1.22. The molecule has 0 heterocycles. The molecule has 4 rings (SSSR count). The molecular formula is C27H16Br4N4O10. The van der Waals surface area contributed by atoms with E-state index in [-0.39, 0.29) is 23.0 Å². The lowest BCUT2D eigenvalue weighted by molar-refractivity contribution is -0.394. The van der Waals surface area contributed by atoms with Crippen LogP contribution >= 0.6 is 63.7 Å². The number of benzene rings is 4. The second-order valence-electron chi connectivity index (χ2n) is 9.70. The van der Waals surface area contributed by atoms with E-state index < -0.39 is 47.9 Å². The average Bonchev–Trinajstić information content (AvgIpc) is 2.96. The molecule has 0 atom stereocenters. The van der Waals surface area contributed by atoms with Crippen LogP contribution in [0.3, 0.4) is 0 Å². The summed E-state index contributed by atoms with van der Waals surface area (Å²) < 4.78 is 13.4. The van der Waals surface area contributed by atoms with Crippen molar-refractivity contribution in [3.63, 3.8) is 0 Å². The van der Waals surface area contributed by atoms with Gasteiger partial charge in [-0.05, 0) is 111 Å². The van der Waals surface area contributed by atoms with Gasteiger partial charge in [-0.1, -0.05) is 13.8 Å². The minimum Gasteiger partial charge on any atom is -0.448 e. The smallest absolute Gasteiger partial charge is 0.318 e. The Morgan fingerprint density at radius 3 is 1.11 bits per heavy atom. The first-order valence-corrected chi connectivity index (χ1v) is 15.4. The molecule has 0 aromatic heterocycles. The molecule has 0 bridgehead atoms. The van der Waals surface area contributed by atoms with Gasteiger partial charge < -0.3 is 9.47 Å². The number of ether oxygens (including phenoxy) is 2. The first-order valence-electron chi connectivity index (χ1n) is 12.2. The number of non-ortho nitro benzene ring substituents is 2. The van der Waals surface area contributed by atoms with E-state index in [1.807, 2.05) is 13.8 Å². The summed E-state index contributed by atoms with van der Waals surface area (Å²) in [7, 11) is 0. The highest BCUT2D eigenvalue weighted by molar-refractivity contribution is 9.11. The van der Waals surface area contributed by atoms with Gasteiger partial charge in [0, 0.05) is 17.5 Å². The fourth-order valence-corrected chi connectivity index (χ4v) is 6.82. The van der Waals surface area contributed by atoms with E-state index >= 15 is 0 Å². The van der Waals surface area contributed by atoms with E-state index in [4.69, 9.17) is 9.47 Å². The molecule has 0 aliphatic carbocycles. The van der Waals surface area contributed by atoms with E-state index in [9.17, 15) is 40.5 Å². The Bertz CT molecular complexity index is 1740. The number of rotatable bonds is 10. The minimum absolute atomic E-state index is 0.197. The maximum Gasteiger partial charge on any atom is 0.318 e. The van der Waals surface area contributed by atoms with Crippen LogP contribution in [0, 0.1) is 40.5 Å². The fraction of sp³-hybridized carbons (Fsp3) is 0.111. The molecule has 45 heavy (non-hydrogen) atoms. The number of nitro groups is 4. The van der Waals surface area contributed by atoms with Crippen molar-refractivity contribution in [3.8, 4) is 23.0 Å². The summed E-state index contributed by atoms with van der Waals surface area (Å²) in [6.45, 7) is 3.86. The second kappa shape index (κ2) is 13.2. The molecule has 0 N–H and O–H groups in total. The summed E-state index contributed by atoms with van der Waals surface area (Å²) in [6, 6.07) is 13.2. The molecule has 0 saturated carbocycles. The summed E-state index contributed by atoms with van der Waals surface area (Å²) in [5.74, 6) is -0.00366. The number of hydrogen-bond donors (Lipinski definition) is 0. The zero-order chi connectivity index (χ0) is 33.4. The molecule has 0 aliphatic heterocycles. The summed E-state index contributed by atoms with van der Waals surface area (Å²) in [6.07, 6.45) is 0. The molecule has 0 saturated heterocycles. The van der Waals surface area contributed by atoms with E-state index in [0.29, 0.717) is 17.9 Å². The Morgan fingerprint density at radius 2 is 0.844 bits per heavy atom. The zero-order valence-corrected chi connectivity index (χ0v) is 29.0. The van der Waals surface area contributed by atoms with E-state index in [0.717, 1.165) is 47.5 Å². The van der Waals surface area contributed by atoms with Crippen molar-refractivity contribution in [2.75, 3.05) is 0 Å². The van der Waals surface area contributed by atoms with Gasteiger partial charge in [-0.3, -0.25) is 40.5 Å². The minimum atomic E-state index is -0.773. The van der Waals surface area contributed by atoms with Crippen LogP contribution in [0.25, 0.3) is 0 Å². The van der Waals surface area contributed by atoms with E-state index in [2.05, 4.69) is 63.7 Å². The monoisotopic (exact) mass is 872 g/mol. The van der Waals surface area contributed by atoms with Gasteiger partial charge >= 0.3 is 11.4 Å². The molecule has 232 valence electrons. The molecule has 0 unspecified atom stereocenters. The highest BCUT2D eigenvalue weighted by atomic mass is 79.9. The van der Waals surface area contributed by atoms with Gasteiger partial charge in [-0.2, -0.15) is 0 Å². The Kier molecular flexibility index (Phi) is 9.91. The van der Waals surface area contributed by atoms with Crippen LogP contribution in [0.2, 0.25) is 0 Å². The van der Waals surface area contributed by atoms with E-state index in [1.165, 1.54) is 0 Å². The molecule has 0 amide bonds. The van der Waals surface area contributed by atoms with Crippen molar-refractivity contribution in [2.45, 2.75) is 19.3 Å². The topological polar surface area (TPSA) is 191 Å². The van der Waals surface area contributed by atoms with Gasteiger partial charge in [0.1, 0.15) is 0 Å². The van der Waals surface area contributed by atoms with Gasteiger partial charge in [0.2, 0.25) is 11.5 Å². The van der Waals surface area contributed by atoms with Crippen LogP contribution in [-0.4, -0.2) is 19.7 Å². The third-order valence-electron chi connectivity index (χ3n) is 6.56. The van der Waals surface area contributed by atoms with Crippen molar-refractivity contribution in [1.82, 2.24) is 0 Å². The summed E-state index contributed by atoms with van der Waals surface area (Å²) >= 11 is 13.8. The summed E-state index contributed by atoms with van der Waals surface area (Å²) in [5, 5.41) is 45.3. The van der Waals surface area contributed by atoms with Crippen molar-refractivity contribution >= 4 is 86.5 Å². The lowest BCUT2D eigenvalue weighted by atomic mass is 9.78. The molecule has 0 fully saturated rings. The Labute approximate surface area is 286 Å². The summed E-state index contributed by atoms with van der Waals surface area (Å²) in [4.78, 5) is 42.3. The first-order chi connectivity index (χ1) is 21.0. The average molecular weight is 876 g/mol. The Hall–Kier alpha value is -4.00. The Morgan fingerprint density at radius 1 is 0.533 bits per heavy atom. The second-order valence-corrected chi connectivity index (χ2v) is 13.1. The molecule has 14 nitrogen and oxygen atoms in total. The van der Waals surface area contributed by atoms with Crippen molar-refractivity contribution in [1.29, 1.82) is 0 Å². The maximum atomic E-state index is 11.6. The lowest BCUT2D eigenvalue weighted by Gasteiger charge is -2.28. The lowest BCUT2D eigenvalue weighted by Crippen LogP contribution is -2.19. The van der Waals surface area contributed by atoms with Crippen LogP contribution < -0.4 is 9.47 Å². The molecule has 0 aliphatic rings. The third-order valence-corrected chi connectivity index (χ3v) is 8.92. The number of halogens is 4. The van der Waals surface area contributed by atoms with Crippen molar-refractivity contribution in [3.05, 3.63) is 130 Å². The van der Waals surface area contributed by atoms with Crippen molar-refractivity contribution in [2.24, 2.45) is 0 Å². The quantitative estimate of drug-likeness (QED) is 0.109. The number of hydrogen-bond acceptors (Lipinski definition) is 10. The van der Waals surface area contributed by atoms with Crippen LogP contribution in [0.5, 0.6) is 23.0 Å². The molecule has 18 heteroatoms. The molecule has 4 aromatic carbocycles. The van der Waals surface area contributed by atoms with Crippen LogP contribution in [0.4, 0.5) is 22.7 Å². The molecule has 0 radical (unpaired) electrons. The largest absolute Gasteiger partial charge is 0.448 e. The zero-order valence-electron chi connectivity index (χ0n) is 22.7. The highest BCUT2D eigenvalue weighted by Gasteiger charge is 2.30. The highest BCUT2D eigenvalue weighted by Crippen LogP contribution is 2.47. The van der Waals surface area contributed by atoms with Crippen LogP contribution in [0.1, 0.15) is 25.0 Å². The molecular weight excluding hydrogens is 860 g/mol. The number of nitrogens with zero attached hydrogens (tertiary/aromatic N) is 4. The SMILES string of the molecule is CC(C)(c1cc(Br)c(Oc2ccc([N+](=O)[O-])cc2[N+](=O)[O-])c(Br)c1)c1cc(Br)c(Oc2ccc([N+](=O)[O-])cc2[N+](=O)[O-])c(Br)c1. The van der Waals surface area contributed by atoms with Gasteiger partial charge in [-0.25, -0.2) is 0 Å². The Balaban J connectivity index is 1.68. The molecule has 4 aromatic rings. The van der Waals surface area contributed by atoms with Gasteiger partial charge in [0.25, 0.3) is 11.4 Å². The van der Waals surface area contributed by atoms with Crippen LogP contribution in [-0.2, 0) is 5.41 Å². The number of nitro benzene ring substituents is 4. The predicted octanol–water partition coefficient (Wildman–Crippen LogP) is 10.3. The first kappa shape index (κ1) is 33.9. The molecule has 0 spiro atoms. The van der Waals surface area contributed by atoms with Gasteiger partial charge in [0.15, 0.2) is 11.5 Å². The third kappa shape index (κ3) is 7.13. The van der Waals surface area contributed by atoms with Crippen LogP contribution in [0.15, 0.2) is 78.6 Å². The maximum absolute atomic E-state index is 11.6. The fourth-order valence-electron chi connectivity index (χ4n) is 4.12. The van der Waals surface area contributed by atoms with Gasteiger partial charge in [0.05, 0.1) is 49.7 Å². The van der Waals surface area contributed by atoms with E-state index in [1.54, 1.807) is 24.3 Å². The van der Waals surface area contributed by atoms with Crippen molar-refractivity contribution < 1.29 is 29.2 Å². The standard InChI is InChI=1S/C27H16Br4N4O10/c1-27(2,13-7-17(28)25(18(29)8-13)44-23-5-3-15(32(36)37)11-21(23)34(40)41)14-9-19(30)26(20(31)10-14)45-24-6-4-16(33(38)39)12-22(24)35(42)43/h3-12H,1-2H3. The predicted molar refractivity (Wildman–Crippen MR) is 175 cm³/mol. The normalized spacial score (nSPS) is 11.2.